The molecule has 0 saturated heterocycles. The third-order valence-electron chi connectivity index (χ3n) is 4.54. The minimum atomic E-state index is -0.611. The van der Waals surface area contributed by atoms with Crippen LogP contribution in [0.25, 0.3) is 22.0 Å². The number of likely N-dealkylation sites (N-methyl/N-ethyl adjacent to an activating group) is 1. The quantitative estimate of drug-likeness (QED) is 0.616. The van der Waals surface area contributed by atoms with Crippen molar-refractivity contribution in [2.75, 3.05) is 38.2 Å². The lowest BCUT2D eigenvalue weighted by atomic mass is 10.0. The van der Waals surface area contributed by atoms with Crippen LogP contribution in [0.5, 0.6) is 0 Å². The van der Waals surface area contributed by atoms with Gasteiger partial charge in [-0.3, -0.25) is 4.79 Å². The molecule has 0 unspecified atom stereocenters. The van der Waals surface area contributed by atoms with Gasteiger partial charge in [0.05, 0.1) is 16.2 Å². The SMILES string of the molecule is CCn1c(=O)c(-c2cc(N)c(F)cc2Cl)cc2cnc(NCCN(C)C)cc21. The van der Waals surface area contributed by atoms with E-state index in [-0.39, 0.29) is 16.3 Å². The first kappa shape index (κ1) is 20.1. The molecule has 1 aromatic carbocycles. The van der Waals surface area contributed by atoms with Gasteiger partial charge >= 0.3 is 0 Å². The zero-order valence-electron chi connectivity index (χ0n) is 16.1. The highest BCUT2D eigenvalue weighted by molar-refractivity contribution is 6.33. The zero-order chi connectivity index (χ0) is 20.4. The Bertz CT molecular complexity index is 1080. The van der Waals surface area contributed by atoms with Gasteiger partial charge in [0.1, 0.15) is 11.6 Å². The monoisotopic (exact) mass is 403 g/mol. The summed E-state index contributed by atoms with van der Waals surface area (Å²) < 4.78 is 15.3. The van der Waals surface area contributed by atoms with Gasteiger partial charge in [-0.15, -0.1) is 0 Å². The lowest BCUT2D eigenvalue weighted by Gasteiger charge is -2.15. The van der Waals surface area contributed by atoms with E-state index in [0.29, 0.717) is 23.5 Å². The fraction of sp³-hybridized carbons (Fsp3) is 0.300. The summed E-state index contributed by atoms with van der Waals surface area (Å²) in [5.41, 5.74) is 6.95. The number of nitrogens with two attached hydrogens (primary N) is 1. The molecule has 6 nitrogen and oxygen atoms in total. The highest BCUT2D eigenvalue weighted by atomic mass is 35.5. The standard InChI is InChI=1S/C20H23ClFN5O/c1-4-27-18-10-19(24-5-6-26(2)3)25-11-12(18)7-14(20(27)28)13-8-17(23)16(22)9-15(13)21/h7-11H,4-6,23H2,1-3H3,(H,24,25). The zero-order valence-corrected chi connectivity index (χ0v) is 16.8. The number of rotatable bonds is 6. The number of hydrogen-bond acceptors (Lipinski definition) is 5. The molecule has 0 spiro atoms. The molecular weight excluding hydrogens is 381 g/mol. The van der Waals surface area contributed by atoms with Crippen molar-refractivity contribution in [2.24, 2.45) is 0 Å². The average Bonchev–Trinajstić information content (AvgIpc) is 2.64. The molecule has 0 bridgehead atoms. The summed E-state index contributed by atoms with van der Waals surface area (Å²) in [6, 6.07) is 6.10. The van der Waals surface area contributed by atoms with Crippen LogP contribution in [0.15, 0.2) is 35.3 Å². The molecule has 0 aliphatic rings. The van der Waals surface area contributed by atoms with Gasteiger partial charge in [-0.2, -0.15) is 0 Å². The third kappa shape index (κ3) is 3.95. The van der Waals surface area contributed by atoms with Crippen molar-refractivity contribution in [3.63, 3.8) is 0 Å². The van der Waals surface area contributed by atoms with Crippen LogP contribution in [0.4, 0.5) is 15.9 Å². The van der Waals surface area contributed by atoms with Crippen LogP contribution in [-0.2, 0) is 6.54 Å². The number of hydrogen-bond donors (Lipinski definition) is 2. The molecule has 148 valence electrons. The highest BCUT2D eigenvalue weighted by Crippen LogP contribution is 2.31. The fourth-order valence-electron chi connectivity index (χ4n) is 3.06. The van der Waals surface area contributed by atoms with Crippen molar-refractivity contribution in [3.8, 4) is 11.1 Å². The maximum atomic E-state index is 13.7. The van der Waals surface area contributed by atoms with Gasteiger partial charge in [-0.25, -0.2) is 9.37 Å². The molecule has 0 aliphatic heterocycles. The van der Waals surface area contributed by atoms with Gasteiger partial charge in [-0.05, 0) is 39.2 Å². The topological polar surface area (TPSA) is 76.2 Å². The molecule has 0 amide bonds. The van der Waals surface area contributed by atoms with Crippen LogP contribution in [0.1, 0.15) is 6.92 Å². The molecule has 28 heavy (non-hydrogen) atoms. The Hall–Kier alpha value is -2.64. The van der Waals surface area contributed by atoms with E-state index >= 15 is 0 Å². The van der Waals surface area contributed by atoms with Crippen molar-refractivity contribution < 1.29 is 4.39 Å². The van der Waals surface area contributed by atoms with Crippen LogP contribution in [0.2, 0.25) is 5.02 Å². The first-order valence-electron chi connectivity index (χ1n) is 8.99. The molecule has 8 heteroatoms. The summed E-state index contributed by atoms with van der Waals surface area (Å²) >= 11 is 6.19. The largest absolute Gasteiger partial charge is 0.396 e. The van der Waals surface area contributed by atoms with Gasteiger partial charge < -0.3 is 20.5 Å². The van der Waals surface area contributed by atoms with E-state index < -0.39 is 5.82 Å². The third-order valence-corrected chi connectivity index (χ3v) is 4.85. The Morgan fingerprint density at radius 3 is 2.68 bits per heavy atom. The second-order valence-electron chi connectivity index (χ2n) is 6.82. The maximum Gasteiger partial charge on any atom is 0.258 e. The summed E-state index contributed by atoms with van der Waals surface area (Å²) in [6.45, 7) is 3.97. The van der Waals surface area contributed by atoms with Crippen LogP contribution in [0, 0.1) is 5.82 Å². The molecule has 3 N–H and O–H groups in total. The van der Waals surface area contributed by atoms with Crippen molar-refractivity contribution in [1.82, 2.24) is 14.5 Å². The number of nitrogen functional groups attached to an aromatic ring is 1. The van der Waals surface area contributed by atoms with E-state index in [1.54, 1.807) is 16.8 Å². The maximum absolute atomic E-state index is 13.7. The molecule has 0 aliphatic carbocycles. The molecule has 3 rings (SSSR count). The predicted molar refractivity (Wildman–Crippen MR) is 114 cm³/mol. The van der Waals surface area contributed by atoms with E-state index in [9.17, 15) is 9.18 Å². The van der Waals surface area contributed by atoms with E-state index in [1.165, 1.54) is 6.07 Å². The van der Waals surface area contributed by atoms with Crippen molar-refractivity contribution >= 4 is 34.0 Å². The Labute approximate surface area is 167 Å². The Balaban J connectivity index is 2.12. The fourth-order valence-corrected chi connectivity index (χ4v) is 3.31. The smallest absolute Gasteiger partial charge is 0.258 e. The van der Waals surface area contributed by atoms with Crippen molar-refractivity contribution in [3.05, 3.63) is 51.7 Å². The number of fused-ring (bicyclic) bond motifs is 1. The predicted octanol–water partition coefficient (Wildman–Crippen LogP) is 3.43. The van der Waals surface area contributed by atoms with E-state index in [0.717, 1.165) is 30.1 Å². The lowest BCUT2D eigenvalue weighted by Crippen LogP contribution is -2.23. The molecule has 0 fully saturated rings. The van der Waals surface area contributed by atoms with Gasteiger partial charge in [0.2, 0.25) is 0 Å². The number of nitrogens with zero attached hydrogens (tertiary/aromatic N) is 3. The van der Waals surface area contributed by atoms with E-state index in [4.69, 9.17) is 17.3 Å². The second-order valence-corrected chi connectivity index (χ2v) is 7.23. The number of aryl methyl sites for hydroxylation is 1. The lowest BCUT2D eigenvalue weighted by molar-refractivity contribution is 0.425. The molecular formula is C20H23ClFN5O. The average molecular weight is 404 g/mol. The van der Waals surface area contributed by atoms with E-state index in [2.05, 4.69) is 15.2 Å². The molecule has 0 saturated carbocycles. The molecule has 2 aromatic heterocycles. The minimum Gasteiger partial charge on any atom is -0.396 e. The summed E-state index contributed by atoms with van der Waals surface area (Å²) in [7, 11) is 4.00. The summed E-state index contributed by atoms with van der Waals surface area (Å²) in [4.78, 5) is 19.6. The number of nitrogens with one attached hydrogen (secondary N) is 1. The summed E-state index contributed by atoms with van der Waals surface area (Å²) in [6.07, 6.45) is 1.71. The Morgan fingerprint density at radius 1 is 1.25 bits per heavy atom. The van der Waals surface area contributed by atoms with Gasteiger partial charge in [0.15, 0.2) is 0 Å². The van der Waals surface area contributed by atoms with Crippen LogP contribution < -0.4 is 16.6 Å². The van der Waals surface area contributed by atoms with Gasteiger partial charge in [0, 0.05) is 48.4 Å². The first-order valence-corrected chi connectivity index (χ1v) is 9.36. The minimum absolute atomic E-state index is 0.0551. The van der Waals surface area contributed by atoms with Gasteiger partial charge in [-0.1, -0.05) is 11.6 Å². The number of benzene rings is 1. The van der Waals surface area contributed by atoms with Crippen LogP contribution in [0.3, 0.4) is 0 Å². The van der Waals surface area contributed by atoms with Crippen molar-refractivity contribution in [2.45, 2.75) is 13.5 Å². The van der Waals surface area contributed by atoms with E-state index in [1.807, 2.05) is 27.1 Å². The number of aromatic nitrogens is 2. The second kappa shape index (κ2) is 8.16. The number of pyridine rings is 2. The summed E-state index contributed by atoms with van der Waals surface area (Å²) in [5.74, 6) is 0.0909. The normalized spacial score (nSPS) is 11.4. The van der Waals surface area contributed by atoms with Crippen molar-refractivity contribution in [1.29, 1.82) is 0 Å². The first-order chi connectivity index (χ1) is 13.3. The summed E-state index contributed by atoms with van der Waals surface area (Å²) in [5, 5.41) is 4.19. The molecule has 0 radical (unpaired) electrons. The van der Waals surface area contributed by atoms with Crippen LogP contribution >= 0.6 is 11.6 Å². The molecule has 2 heterocycles. The Kier molecular flexibility index (Phi) is 5.86. The number of anilines is 2. The Morgan fingerprint density at radius 2 is 2.00 bits per heavy atom. The number of halogens is 2. The van der Waals surface area contributed by atoms with Gasteiger partial charge in [0.25, 0.3) is 5.56 Å². The molecule has 3 aromatic rings. The highest BCUT2D eigenvalue weighted by Gasteiger charge is 2.15. The van der Waals surface area contributed by atoms with Crippen LogP contribution in [-0.4, -0.2) is 41.6 Å². The molecule has 0 atom stereocenters.